The molecular formula is C29H24N2O3S2. The molecule has 1 saturated carbocycles. The van der Waals surface area contributed by atoms with E-state index in [0.717, 1.165) is 51.4 Å². The van der Waals surface area contributed by atoms with Gasteiger partial charge in [-0.2, -0.15) is 0 Å². The van der Waals surface area contributed by atoms with E-state index in [-0.39, 0.29) is 29.4 Å². The zero-order chi connectivity index (χ0) is 24.6. The summed E-state index contributed by atoms with van der Waals surface area (Å²) in [6, 6.07) is 23.3. The lowest BCUT2D eigenvalue weighted by Gasteiger charge is -2.19. The van der Waals surface area contributed by atoms with E-state index in [9.17, 15) is 14.4 Å². The number of carbonyl (C=O) groups is 3. The van der Waals surface area contributed by atoms with Crippen LogP contribution in [0.3, 0.4) is 0 Å². The number of ketones is 1. The van der Waals surface area contributed by atoms with Gasteiger partial charge in [0.25, 0.3) is 0 Å². The number of nitrogens with zero attached hydrogens (tertiary/aromatic N) is 2. The van der Waals surface area contributed by atoms with E-state index in [1.807, 2.05) is 72.8 Å². The fourth-order valence-electron chi connectivity index (χ4n) is 5.20. The van der Waals surface area contributed by atoms with Crippen LogP contribution < -0.4 is 4.90 Å². The molecule has 0 radical (unpaired) electrons. The molecule has 4 aromatic rings. The summed E-state index contributed by atoms with van der Waals surface area (Å²) in [5.74, 6) is -0.108. The number of thioether (sulfide) groups is 1. The zero-order valence-electron chi connectivity index (χ0n) is 19.6. The number of Topliss-reactive ketones (excluding diaryl/α,β-unsaturated/α-hetero) is 1. The van der Waals surface area contributed by atoms with Gasteiger partial charge in [0.05, 0.1) is 33.5 Å². The fourth-order valence-corrected chi connectivity index (χ4v) is 7.20. The maximum Gasteiger partial charge on any atom is 0.237 e. The fraction of sp³-hybridized carbons (Fsp3) is 0.241. The van der Waals surface area contributed by atoms with Gasteiger partial charge in [0.15, 0.2) is 10.1 Å². The van der Waals surface area contributed by atoms with E-state index < -0.39 is 0 Å². The quantitative estimate of drug-likeness (QED) is 0.165. The third kappa shape index (κ3) is 4.27. The number of aromatic nitrogens is 1. The van der Waals surface area contributed by atoms with Gasteiger partial charge >= 0.3 is 0 Å². The first kappa shape index (κ1) is 23.1. The van der Waals surface area contributed by atoms with Crippen LogP contribution in [0.4, 0.5) is 5.69 Å². The van der Waals surface area contributed by atoms with Gasteiger partial charge in [0.1, 0.15) is 0 Å². The number of thiazole rings is 1. The standard InChI is InChI=1S/C29H24N2O3S2/c32-25(20-12-10-19(11-13-20)18-6-2-1-3-7-18)17-35-29-30-24-15-14-21(16-26(24)36-29)31-27(33)22-8-4-5-9-23(22)28(31)34/h1-3,6-7,10-16,22-23H,4-5,8-9,17H2/t22-,23-/m1/s1. The lowest BCUT2D eigenvalue weighted by atomic mass is 9.81. The number of carbonyl (C=O) groups excluding carboxylic acids is 3. The molecule has 0 unspecified atom stereocenters. The van der Waals surface area contributed by atoms with Crippen LogP contribution in [0.15, 0.2) is 77.1 Å². The lowest BCUT2D eigenvalue weighted by Crippen LogP contribution is -2.30. The van der Waals surface area contributed by atoms with E-state index in [1.54, 1.807) is 0 Å². The SMILES string of the molecule is O=C(CSc1nc2ccc(N3C(=O)[C@@H]4CCCC[C@H]4C3=O)cc2s1)c1ccc(-c2ccccc2)cc1. The van der Waals surface area contributed by atoms with Crippen molar-refractivity contribution in [3.63, 3.8) is 0 Å². The second-order valence-corrected chi connectivity index (χ2v) is 11.5. The third-order valence-corrected chi connectivity index (χ3v) is 9.25. The Morgan fingerprint density at radius 1 is 0.889 bits per heavy atom. The highest BCUT2D eigenvalue weighted by atomic mass is 32.2. The molecule has 3 aromatic carbocycles. The van der Waals surface area contributed by atoms with Crippen LogP contribution >= 0.6 is 23.1 Å². The van der Waals surface area contributed by atoms with E-state index in [2.05, 4.69) is 4.98 Å². The maximum absolute atomic E-state index is 13.0. The number of hydrogen-bond donors (Lipinski definition) is 0. The molecule has 7 heteroatoms. The normalized spacial score (nSPS) is 19.6. The molecule has 2 fully saturated rings. The predicted octanol–water partition coefficient (Wildman–Crippen LogP) is 6.62. The lowest BCUT2D eigenvalue weighted by molar-refractivity contribution is -0.122. The number of imide groups is 1. The smallest absolute Gasteiger partial charge is 0.237 e. The highest BCUT2D eigenvalue weighted by molar-refractivity contribution is 8.01. The van der Waals surface area contributed by atoms with Crippen molar-refractivity contribution in [2.75, 3.05) is 10.7 Å². The third-order valence-electron chi connectivity index (χ3n) is 7.09. The number of benzene rings is 3. The average molecular weight is 513 g/mol. The Labute approximate surface area is 217 Å². The summed E-state index contributed by atoms with van der Waals surface area (Å²) in [5.41, 5.74) is 4.31. The van der Waals surface area contributed by atoms with Crippen LogP contribution in [0.25, 0.3) is 21.3 Å². The van der Waals surface area contributed by atoms with Crippen molar-refractivity contribution in [1.82, 2.24) is 4.98 Å². The first-order valence-electron chi connectivity index (χ1n) is 12.2. The average Bonchev–Trinajstić information content (AvgIpc) is 3.45. The van der Waals surface area contributed by atoms with Crippen molar-refractivity contribution in [2.45, 2.75) is 30.0 Å². The van der Waals surface area contributed by atoms with Gasteiger partial charge in [-0.25, -0.2) is 4.98 Å². The molecule has 1 saturated heterocycles. The molecule has 0 bridgehead atoms. The van der Waals surface area contributed by atoms with Gasteiger partial charge in [-0.3, -0.25) is 19.3 Å². The minimum atomic E-state index is -0.165. The molecule has 6 rings (SSSR count). The van der Waals surface area contributed by atoms with Gasteiger partial charge in [0.2, 0.25) is 11.8 Å². The summed E-state index contributed by atoms with van der Waals surface area (Å²) in [7, 11) is 0. The second kappa shape index (κ2) is 9.64. The number of amides is 2. The number of fused-ring (bicyclic) bond motifs is 2. The van der Waals surface area contributed by atoms with E-state index in [1.165, 1.54) is 28.0 Å². The Kier molecular flexibility index (Phi) is 6.19. The number of anilines is 1. The molecule has 1 aromatic heterocycles. The van der Waals surface area contributed by atoms with Gasteiger partial charge < -0.3 is 0 Å². The Morgan fingerprint density at radius 3 is 2.25 bits per heavy atom. The molecule has 2 atom stereocenters. The highest BCUT2D eigenvalue weighted by Gasteiger charge is 2.48. The van der Waals surface area contributed by atoms with Crippen molar-refractivity contribution in [3.05, 3.63) is 78.4 Å². The van der Waals surface area contributed by atoms with Crippen LogP contribution in [0.5, 0.6) is 0 Å². The van der Waals surface area contributed by atoms with Crippen molar-refractivity contribution in [1.29, 1.82) is 0 Å². The monoisotopic (exact) mass is 512 g/mol. The maximum atomic E-state index is 13.0. The van der Waals surface area contributed by atoms with Crippen LogP contribution in [0.2, 0.25) is 0 Å². The molecular weight excluding hydrogens is 488 g/mol. The number of hydrogen-bond acceptors (Lipinski definition) is 6. The molecule has 2 heterocycles. The van der Waals surface area contributed by atoms with E-state index in [4.69, 9.17) is 0 Å². The summed E-state index contributed by atoms with van der Waals surface area (Å²) < 4.78 is 1.70. The second-order valence-electron chi connectivity index (χ2n) is 9.30. The Balaban J connectivity index is 1.14. The van der Waals surface area contributed by atoms with Crippen LogP contribution in [0.1, 0.15) is 36.0 Å². The topological polar surface area (TPSA) is 67.3 Å². The van der Waals surface area contributed by atoms with Gasteiger partial charge in [0, 0.05) is 5.56 Å². The molecule has 0 spiro atoms. The van der Waals surface area contributed by atoms with Gasteiger partial charge in [-0.15, -0.1) is 11.3 Å². The minimum absolute atomic E-state index is 0.0513. The molecule has 1 aliphatic carbocycles. The predicted molar refractivity (Wildman–Crippen MR) is 144 cm³/mol. The molecule has 36 heavy (non-hydrogen) atoms. The summed E-state index contributed by atoms with van der Waals surface area (Å²) in [6.07, 6.45) is 3.63. The Morgan fingerprint density at radius 2 is 1.56 bits per heavy atom. The summed E-state index contributed by atoms with van der Waals surface area (Å²) >= 11 is 2.90. The largest absolute Gasteiger partial charge is 0.293 e. The van der Waals surface area contributed by atoms with Crippen LogP contribution in [-0.2, 0) is 9.59 Å². The van der Waals surface area contributed by atoms with Crippen molar-refractivity contribution in [3.8, 4) is 11.1 Å². The van der Waals surface area contributed by atoms with Crippen LogP contribution in [-0.4, -0.2) is 28.3 Å². The van der Waals surface area contributed by atoms with Gasteiger partial charge in [-0.1, -0.05) is 79.2 Å². The molecule has 2 aliphatic rings. The summed E-state index contributed by atoms with van der Waals surface area (Å²) in [5, 5.41) is 0. The van der Waals surface area contributed by atoms with Crippen molar-refractivity contribution >= 4 is 56.6 Å². The molecule has 2 amide bonds. The summed E-state index contributed by atoms with van der Waals surface area (Å²) in [4.78, 5) is 44.7. The molecule has 180 valence electrons. The highest BCUT2D eigenvalue weighted by Crippen LogP contribution is 2.41. The van der Waals surface area contributed by atoms with E-state index in [0.29, 0.717) is 17.0 Å². The van der Waals surface area contributed by atoms with Crippen LogP contribution in [0, 0.1) is 11.8 Å². The molecule has 1 aliphatic heterocycles. The summed E-state index contributed by atoms with van der Waals surface area (Å²) in [6.45, 7) is 0. The van der Waals surface area contributed by atoms with Crippen molar-refractivity contribution < 1.29 is 14.4 Å². The van der Waals surface area contributed by atoms with E-state index >= 15 is 0 Å². The van der Waals surface area contributed by atoms with Gasteiger partial charge in [-0.05, 0) is 42.2 Å². The minimum Gasteiger partial charge on any atom is -0.293 e. The Bertz CT molecular complexity index is 1440. The first-order chi connectivity index (χ1) is 17.6. The first-order valence-corrected chi connectivity index (χ1v) is 14.0. The van der Waals surface area contributed by atoms with Crippen molar-refractivity contribution in [2.24, 2.45) is 11.8 Å². The molecule has 5 nitrogen and oxygen atoms in total. The zero-order valence-corrected chi connectivity index (χ0v) is 21.2. The Hall–Kier alpha value is -3.29. The number of rotatable bonds is 6. The molecule has 0 N–H and O–H groups in total.